The van der Waals surface area contributed by atoms with Gasteiger partial charge in [-0.15, -0.1) is 0 Å². The Hall–Kier alpha value is -3.38. The number of amides is 1. The third kappa shape index (κ3) is 4.73. The van der Waals surface area contributed by atoms with Gasteiger partial charge >= 0.3 is 6.09 Å². The smallest absolute Gasteiger partial charge is 0.414 e. The molecule has 1 aliphatic rings. The molecule has 1 aliphatic heterocycles. The van der Waals surface area contributed by atoms with Crippen molar-refractivity contribution in [2.45, 2.75) is 20.0 Å². The van der Waals surface area contributed by atoms with E-state index in [9.17, 15) is 4.79 Å². The Balaban J connectivity index is 1.34. The fourth-order valence-electron chi connectivity index (χ4n) is 3.28. The molecule has 0 bridgehead atoms. The highest BCUT2D eigenvalue weighted by molar-refractivity contribution is 5.89. The Morgan fingerprint density at radius 3 is 2.69 bits per heavy atom. The van der Waals surface area contributed by atoms with Crippen molar-refractivity contribution < 1.29 is 14.3 Å². The highest BCUT2D eigenvalue weighted by Gasteiger charge is 2.23. The van der Waals surface area contributed by atoms with Crippen LogP contribution in [-0.2, 0) is 17.8 Å². The Kier molecular flexibility index (Phi) is 5.72. The van der Waals surface area contributed by atoms with Crippen LogP contribution in [0.25, 0.3) is 0 Å². The SMILES string of the molecule is Cc1cc(CNCc2cccc(N3CCOC3=O)c2)ccc1Oc1cccnc1. The van der Waals surface area contributed by atoms with Gasteiger partial charge in [-0.25, -0.2) is 4.79 Å². The van der Waals surface area contributed by atoms with Crippen LogP contribution in [0.3, 0.4) is 0 Å². The Morgan fingerprint density at radius 2 is 1.97 bits per heavy atom. The van der Waals surface area contributed by atoms with E-state index in [0.717, 1.165) is 34.9 Å². The van der Waals surface area contributed by atoms with Crippen molar-refractivity contribution in [2.24, 2.45) is 0 Å². The maximum absolute atomic E-state index is 11.7. The molecule has 6 heteroatoms. The van der Waals surface area contributed by atoms with Crippen LogP contribution in [0.5, 0.6) is 11.5 Å². The second-order valence-corrected chi connectivity index (χ2v) is 6.93. The van der Waals surface area contributed by atoms with E-state index in [1.165, 1.54) is 5.56 Å². The number of nitrogens with one attached hydrogen (secondary N) is 1. The van der Waals surface area contributed by atoms with E-state index in [1.807, 2.05) is 49.4 Å². The summed E-state index contributed by atoms with van der Waals surface area (Å²) in [5.74, 6) is 1.55. The minimum atomic E-state index is -0.279. The number of benzene rings is 2. The summed E-state index contributed by atoms with van der Waals surface area (Å²) < 4.78 is 10.9. The average Bonchev–Trinajstić information content (AvgIpc) is 3.17. The monoisotopic (exact) mass is 389 g/mol. The van der Waals surface area contributed by atoms with Gasteiger partial charge in [-0.2, -0.15) is 0 Å². The maximum Gasteiger partial charge on any atom is 0.414 e. The molecule has 2 heterocycles. The van der Waals surface area contributed by atoms with Gasteiger partial charge in [0.25, 0.3) is 0 Å². The molecule has 2 aromatic carbocycles. The predicted molar refractivity (Wildman–Crippen MR) is 111 cm³/mol. The van der Waals surface area contributed by atoms with Gasteiger partial charge < -0.3 is 14.8 Å². The second-order valence-electron chi connectivity index (χ2n) is 6.93. The van der Waals surface area contributed by atoms with E-state index in [1.54, 1.807) is 17.3 Å². The normalized spacial score (nSPS) is 13.4. The molecule has 1 amide bonds. The molecule has 0 unspecified atom stereocenters. The standard InChI is InChI=1S/C23H23N3O3/c1-17-12-19(7-8-22(17)29-21-6-3-9-24-16-21)15-25-14-18-4-2-5-20(13-18)26-10-11-28-23(26)27/h2-9,12-13,16,25H,10-11,14-15H2,1H3. The van der Waals surface area contributed by atoms with Crippen molar-refractivity contribution in [3.63, 3.8) is 0 Å². The zero-order valence-corrected chi connectivity index (χ0v) is 16.3. The first kappa shape index (κ1) is 19.0. The topological polar surface area (TPSA) is 63.7 Å². The van der Waals surface area contributed by atoms with E-state index < -0.39 is 0 Å². The Bertz CT molecular complexity index is 992. The van der Waals surface area contributed by atoms with Crippen LogP contribution in [0.1, 0.15) is 16.7 Å². The molecule has 0 aliphatic carbocycles. The van der Waals surface area contributed by atoms with E-state index in [2.05, 4.69) is 22.4 Å². The molecule has 3 aromatic rings. The predicted octanol–water partition coefficient (Wildman–Crippen LogP) is 4.43. The highest BCUT2D eigenvalue weighted by Crippen LogP contribution is 2.25. The Labute approximate surface area is 170 Å². The van der Waals surface area contributed by atoms with Gasteiger partial charge in [0.05, 0.1) is 12.7 Å². The third-order valence-corrected chi connectivity index (χ3v) is 4.74. The van der Waals surface area contributed by atoms with Crippen molar-refractivity contribution in [2.75, 3.05) is 18.1 Å². The number of aryl methyl sites for hydroxylation is 1. The minimum absolute atomic E-state index is 0.279. The van der Waals surface area contributed by atoms with Gasteiger partial charge in [0.15, 0.2) is 0 Å². The van der Waals surface area contributed by atoms with Gasteiger partial charge in [0.2, 0.25) is 0 Å². The van der Waals surface area contributed by atoms with Crippen LogP contribution in [0, 0.1) is 6.92 Å². The quantitative estimate of drug-likeness (QED) is 0.648. The largest absolute Gasteiger partial charge is 0.455 e. The first-order valence-electron chi connectivity index (χ1n) is 9.60. The minimum Gasteiger partial charge on any atom is -0.455 e. The summed E-state index contributed by atoms with van der Waals surface area (Å²) in [6, 6.07) is 17.9. The molecule has 0 atom stereocenters. The van der Waals surface area contributed by atoms with Crippen LogP contribution >= 0.6 is 0 Å². The van der Waals surface area contributed by atoms with Crippen LogP contribution in [0.2, 0.25) is 0 Å². The second kappa shape index (κ2) is 8.75. The molecule has 4 rings (SSSR count). The van der Waals surface area contributed by atoms with E-state index in [4.69, 9.17) is 9.47 Å². The first-order chi connectivity index (χ1) is 14.2. The van der Waals surface area contributed by atoms with E-state index >= 15 is 0 Å². The molecular weight excluding hydrogens is 366 g/mol. The van der Waals surface area contributed by atoms with E-state index in [0.29, 0.717) is 19.7 Å². The summed E-state index contributed by atoms with van der Waals surface area (Å²) in [7, 11) is 0. The molecular formula is C23H23N3O3. The van der Waals surface area contributed by atoms with Gasteiger partial charge in [-0.05, 0) is 53.9 Å². The number of carbonyl (C=O) groups is 1. The summed E-state index contributed by atoms with van der Waals surface area (Å²) >= 11 is 0. The fraction of sp³-hybridized carbons (Fsp3) is 0.217. The van der Waals surface area contributed by atoms with Crippen molar-refractivity contribution in [3.05, 3.63) is 83.7 Å². The van der Waals surface area contributed by atoms with Crippen LogP contribution in [0.4, 0.5) is 10.5 Å². The average molecular weight is 389 g/mol. The molecule has 1 N–H and O–H groups in total. The number of anilines is 1. The number of nitrogens with zero attached hydrogens (tertiary/aromatic N) is 2. The fourth-order valence-corrected chi connectivity index (χ4v) is 3.28. The number of rotatable bonds is 7. The van der Waals surface area contributed by atoms with Gasteiger partial charge in [0, 0.05) is 25.0 Å². The maximum atomic E-state index is 11.7. The molecule has 0 radical (unpaired) electrons. The summed E-state index contributed by atoms with van der Waals surface area (Å²) in [6.45, 7) is 4.53. The lowest BCUT2D eigenvalue weighted by Gasteiger charge is -2.14. The third-order valence-electron chi connectivity index (χ3n) is 4.74. The van der Waals surface area contributed by atoms with Crippen molar-refractivity contribution in [1.29, 1.82) is 0 Å². The van der Waals surface area contributed by atoms with Gasteiger partial charge in [0.1, 0.15) is 18.1 Å². The summed E-state index contributed by atoms with van der Waals surface area (Å²) in [5, 5.41) is 3.46. The van der Waals surface area contributed by atoms with E-state index in [-0.39, 0.29) is 6.09 Å². The van der Waals surface area contributed by atoms with Crippen molar-refractivity contribution in [3.8, 4) is 11.5 Å². The van der Waals surface area contributed by atoms with Crippen LogP contribution in [0.15, 0.2) is 67.0 Å². The van der Waals surface area contributed by atoms with Gasteiger partial charge in [-0.1, -0.05) is 24.3 Å². The van der Waals surface area contributed by atoms with Crippen molar-refractivity contribution >= 4 is 11.8 Å². The lowest BCUT2D eigenvalue weighted by atomic mass is 10.1. The summed E-state index contributed by atoms with van der Waals surface area (Å²) in [4.78, 5) is 17.5. The molecule has 1 aromatic heterocycles. The number of hydrogen-bond donors (Lipinski definition) is 1. The van der Waals surface area contributed by atoms with Gasteiger partial charge in [-0.3, -0.25) is 9.88 Å². The molecule has 29 heavy (non-hydrogen) atoms. The zero-order valence-electron chi connectivity index (χ0n) is 16.3. The Morgan fingerprint density at radius 1 is 1.10 bits per heavy atom. The number of ether oxygens (including phenoxy) is 2. The number of hydrogen-bond acceptors (Lipinski definition) is 5. The van der Waals surface area contributed by atoms with Crippen LogP contribution in [-0.4, -0.2) is 24.2 Å². The number of pyridine rings is 1. The molecule has 0 spiro atoms. The molecule has 0 saturated carbocycles. The number of cyclic esters (lactones) is 1. The van der Waals surface area contributed by atoms with Crippen LogP contribution < -0.4 is 15.0 Å². The highest BCUT2D eigenvalue weighted by atomic mass is 16.6. The summed E-state index contributed by atoms with van der Waals surface area (Å²) in [5.41, 5.74) is 4.25. The number of aromatic nitrogens is 1. The molecule has 1 fully saturated rings. The number of carbonyl (C=O) groups excluding carboxylic acids is 1. The lowest BCUT2D eigenvalue weighted by molar-refractivity contribution is 0.181. The lowest BCUT2D eigenvalue weighted by Crippen LogP contribution is -2.23. The zero-order chi connectivity index (χ0) is 20.1. The molecule has 1 saturated heterocycles. The van der Waals surface area contributed by atoms with Crippen molar-refractivity contribution in [1.82, 2.24) is 10.3 Å². The molecule has 148 valence electrons. The summed E-state index contributed by atoms with van der Waals surface area (Å²) in [6.07, 6.45) is 3.14. The first-order valence-corrected chi connectivity index (χ1v) is 9.60. The molecule has 6 nitrogen and oxygen atoms in total.